The highest BCUT2D eigenvalue weighted by atomic mass is 16.2. The number of nitrogens with two attached hydrogens (primary N) is 1. The summed E-state index contributed by atoms with van der Waals surface area (Å²) in [4.78, 5) is 21.6. The summed E-state index contributed by atoms with van der Waals surface area (Å²) in [5.41, 5.74) is 7.40. The zero-order chi connectivity index (χ0) is 13.1. The molecule has 18 heavy (non-hydrogen) atoms. The number of amides is 1. The van der Waals surface area contributed by atoms with Gasteiger partial charge < -0.3 is 10.6 Å². The minimum absolute atomic E-state index is 0.147. The smallest absolute Gasteiger partial charge is 0.275 e. The van der Waals surface area contributed by atoms with Crippen LogP contribution >= 0.6 is 0 Å². The molecular weight excluding hydrogens is 228 g/mol. The van der Waals surface area contributed by atoms with Crippen molar-refractivity contribution in [2.24, 2.45) is 0 Å². The molecule has 2 rings (SSSR count). The third-order valence-corrected chi connectivity index (χ3v) is 2.48. The Morgan fingerprint density at radius 2 is 1.89 bits per heavy atom. The standard InChI is InChI=1S/C13H14N4O/c1-17(2)13(18)11-12(14)15-8-10(16-11)9-6-4-3-5-7-9/h3-8H,1-2H3,(H2,14,15). The lowest BCUT2D eigenvalue weighted by Crippen LogP contribution is -2.24. The number of aromatic nitrogens is 2. The zero-order valence-corrected chi connectivity index (χ0v) is 10.3. The second-order valence-corrected chi connectivity index (χ2v) is 4.05. The molecule has 0 bridgehead atoms. The van der Waals surface area contributed by atoms with E-state index in [1.165, 1.54) is 4.90 Å². The van der Waals surface area contributed by atoms with E-state index in [9.17, 15) is 4.79 Å². The van der Waals surface area contributed by atoms with Gasteiger partial charge in [-0.05, 0) is 0 Å². The molecule has 2 aromatic rings. The van der Waals surface area contributed by atoms with Crippen LogP contribution in [0.3, 0.4) is 0 Å². The molecule has 0 atom stereocenters. The highest BCUT2D eigenvalue weighted by Gasteiger charge is 2.16. The number of hydrogen-bond acceptors (Lipinski definition) is 4. The minimum atomic E-state index is -0.252. The number of nitrogens with zero attached hydrogens (tertiary/aromatic N) is 3. The molecule has 0 aliphatic rings. The van der Waals surface area contributed by atoms with Crippen molar-refractivity contribution in [2.45, 2.75) is 0 Å². The van der Waals surface area contributed by atoms with E-state index in [2.05, 4.69) is 9.97 Å². The first-order chi connectivity index (χ1) is 8.59. The fourth-order valence-electron chi connectivity index (χ4n) is 1.52. The molecule has 1 amide bonds. The van der Waals surface area contributed by atoms with Gasteiger partial charge >= 0.3 is 0 Å². The van der Waals surface area contributed by atoms with E-state index in [1.807, 2.05) is 30.3 Å². The minimum Gasteiger partial charge on any atom is -0.382 e. The maximum absolute atomic E-state index is 11.9. The normalized spacial score (nSPS) is 10.1. The fourth-order valence-corrected chi connectivity index (χ4v) is 1.52. The Hall–Kier alpha value is -2.43. The predicted octanol–water partition coefficient (Wildman–Crippen LogP) is 1.43. The van der Waals surface area contributed by atoms with Gasteiger partial charge in [-0.3, -0.25) is 4.79 Å². The van der Waals surface area contributed by atoms with Gasteiger partial charge in [0.05, 0.1) is 11.9 Å². The van der Waals surface area contributed by atoms with Gasteiger partial charge in [0, 0.05) is 19.7 Å². The Morgan fingerprint density at radius 3 is 2.50 bits per heavy atom. The highest BCUT2D eigenvalue weighted by molar-refractivity contribution is 5.96. The summed E-state index contributed by atoms with van der Waals surface area (Å²) < 4.78 is 0. The number of carbonyl (C=O) groups is 1. The molecule has 0 saturated carbocycles. The number of rotatable bonds is 2. The molecule has 0 aliphatic heterocycles. The topological polar surface area (TPSA) is 72.1 Å². The summed E-state index contributed by atoms with van der Waals surface area (Å²) in [7, 11) is 3.30. The van der Waals surface area contributed by atoms with Crippen molar-refractivity contribution in [3.8, 4) is 11.3 Å². The van der Waals surface area contributed by atoms with E-state index in [4.69, 9.17) is 5.73 Å². The van der Waals surface area contributed by atoms with Crippen LogP contribution in [0.2, 0.25) is 0 Å². The summed E-state index contributed by atoms with van der Waals surface area (Å²) in [6.45, 7) is 0. The molecule has 2 N–H and O–H groups in total. The molecule has 5 heteroatoms. The monoisotopic (exact) mass is 242 g/mol. The number of nitrogen functional groups attached to an aromatic ring is 1. The Kier molecular flexibility index (Phi) is 3.23. The summed E-state index contributed by atoms with van der Waals surface area (Å²) >= 11 is 0. The second-order valence-electron chi connectivity index (χ2n) is 4.05. The van der Waals surface area contributed by atoms with Crippen molar-refractivity contribution in [3.63, 3.8) is 0 Å². The fraction of sp³-hybridized carbons (Fsp3) is 0.154. The molecule has 0 radical (unpaired) electrons. The molecule has 0 unspecified atom stereocenters. The van der Waals surface area contributed by atoms with Gasteiger partial charge in [-0.2, -0.15) is 0 Å². The van der Waals surface area contributed by atoms with Crippen LogP contribution in [0, 0.1) is 0 Å². The summed E-state index contributed by atoms with van der Waals surface area (Å²) in [6, 6.07) is 9.54. The first-order valence-electron chi connectivity index (χ1n) is 5.49. The lowest BCUT2D eigenvalue weighted by atomic mass is 10.1. The van der Waals surface area contributed by atoms with Gasteiger partial charge in [-0.15, -0.1) is 0 Å². The van der Waals surface area contributed by atoms with Crippen molar-refractivity contribution in [1.29, 1.82) is 0 Å². The van der Waals surface area contributed by atoms with Crippen LogP contribution in [0.4, 0.5) is 5.82 Å². The molecule has 1 aromatic carbocycles. The van der Waals surface area contributed by atoms with E-state index in [-0.39, 0.29) is 17.4 Å². The predicted molar refractivity (Wildman–Crippen MR) is 69.9 cm³/mol. The van der Waals surface area contributed by atoms with Crippen LogP contribution in [-0.2, 0) is 0 Å². The van der Waals surface area contributed by atoms with E-state index in [0.29, 0.717) is 5.69 Å². The first kappa shape index (κ1) is 12.0. The van der Waals surface area contributed by atoms with Gasteiger partial charge in [0.2, 0.25) is 0 Å². The average molecular weight is 242 g/mol. The van der Waals surface area contributed by atoms with Gasteiger partial charge in [0.1, 0.15) is 0 Å². The molecule has 5 nitrogen and oxygen atoms in total. The van der Waals surface area contributed by atoms with Crippen LogP contribution in [0.5, 0.6) is 0 Å². The van der Waals surface area contributed by atoms with Gasteiger partial charge in [-0.1, -0.05) is 30.3 Å². The molecule has 0 aliphatic carbocycles. The average Bonchev–Trinajstić information content (AvgIpc) is 2.39. The molecular formula is C13H14N4O. The van der Waals surface area contributed by atoms with E-state index in [0.717, 1.165) is 5.56 Å². The number of benzene rings is 1. The lowest BCUT2D eigenvalue weighted by Gasteiger charge is -2.11. The van der Waals surface area contributed by atoms with Crippen LogP contribution in [0.15, 0.2) is 36.5 Å². The van der Waals surface area contributed by atoms with Crippen LogP contribution in [-0.4, -0.2) is 34.9 Å². The highest BCUT2D eigenvalue weighted by Crippen LogP contribution is 2.18. The van der Waals surface area contributed by atoms with E-state index >= 15 is 0 Å². The Morgan fingerprint density at radius 1 is 1.22 bits per heavy atom. The van der Waals surface area contributed by atoms with Crippen LogP contribution in [0.1, 0.15) is 10.5 Å². The van der Waals surface area contributed by atoms with E-state index < -0.39 is 0 Å². The molecule has 1 heterocycles. The number of hydrogen-bond donors (Lipinski definition) is 1. The van der Waals surface area contributed by atoms with Crippen LogP contribution < -0.4 is 5.73 Å². The third-order valence-electron chi connectivity index (χ3n) is 2.48. The molecule has 92 valence electrons. The van der Waals surface area contributed by atoms with Crippen molar-refractivity contribution in [2.75, 3.05) is 19.8 Å². The summed E-state index contributed by atoms with van der Waals surface area (Å²) in [5, 5.41) is 0. The van der Waals surface area contributed by atoms with Gasteiger partial charge in [0.15, 0.2) is 11.5 Å². The molecule has 0 fully saturated rings. The maximum atomic E-state index is 11.9. The van der Waals surface area contributed by atoms with Gasteiger partial charge in [-0.25, -0.2) is 9.97 Å². The largest absolute Gasteiger partial charge is 0.382 e. The van der Waals surface area contributed by atoms with Crippen molar-refractivity contribution < 1.29 is 4.79 Å². The quantitative estimate of drug-likeness (QED) is 0.864. The SMILES string of the molecule is CN(C)C(=O)c1nc(-c2ccccc2)cnc1N. The van der Waals surface area contributed by atoms with Crippen molar-refractivity contribution in [3.05, 3.63) is 42.2 Å². The van der Waals surface area contributed by atoms with Gasteiger partial charge in [0.25, 0.3) is 5.91 Å². The number of anilines is 1. The first-order valence-corrected chi connectivity index (χ1v) is 5.49. The Labute approximate surface area is 105 Å². The molecule has 1 aromatic heterocycles. The summed E-state index contributed by atoms with van der Waals surface area (Å²) in [6.07, 6.45) is 1.57. The zero-order valence-electron chi connectivity index (χ0n) is 10.3. The van der Waals surface area contributed by atoms with Crippen molar-refractivity contribution in [1.82, 2.24) is 14.9 Å². The van der Waals surface area contributed by atoms with Crippen LogP contribution in [0.25, 0.3) is 11.3 Å². The number of carbonyl (C=O) groups excluding carboxylic acids is 1. The Bertz CT molecular complexity index is 566. The maximum Gasteiger partial charge on any atom is 0.275 e. The lowest BCUT2D eigenvalue weighted by molar-refractivity contribution is 0.0823. The Balaban J connectivity index is 2.48. The summed E-state index contributed by atoms with van der Waals surface area (Å²) in [5.74, 6) is -0.105. The molecule has 0 spiro atoms. The second kappa shape index (κ2) is 4.83. The molecule has 0 saturated heterocycles. The third kappa shape index (κ3) is 2.29. The van der Waals surface area contributed by atoms with E-state index in [1.54, 1.807) is 20.3 Å². The van der Waals surface area contributed by atoms with Crippen molar-refractivity contribution >= 4 is 11.7 Å².